The molecule has 0 fully saturated rings. The summed E-state index contributed by atoms with van der Waals surface area (Å²) < 4.78 is 22.9. The van der Waals surface area contributed by atoms with Gasteiger partial charge in [-0.05, 0) is 48.4 Å². The number of carbonyl (C=O) groups excluding carboxylic acids is 1. The molecule has 2 aromatic carbocycles. The number of hydrogen-bond donors (Lipinski definition) is 4. The zero-order valence-corrected chi connectivity index (χ0v) is 18.2. The van der Waals surface area contributed by atoms with Gasteiger partial charge in [-0.3, -0.25) is 4.79 Å². The third-order valence-corrected chi connectivity index (χ3v) is 5.60. The highest BCUT2D eigenvalue weighted by Gasteiger charge is 2.21. The molecule has 3 aromatic rings. The molecule has 0 radical (unpaired) electrons. The van der Waals surface area contributed by atoms with Crippen LogP contribution in [0.15, 0.2) is 53.4 Å². The molecule has 1 amide bonds. The summed E-state index contributed by atoms with van der Waals surface area (Å²) in [7, 11) is -0.488. The Bertz CT molecular complexity index is 1170. The molecule has 0 spiro atoms. The third kappa shape index (κ3) is 4.98. The SMILES string of the molecule is CCc1ccc(NC(=O)c2c(NC)nc(-c3ccc(S(N)(=O)=O)cc3)nc2NC)cc1. The summed E-state index contributed by atoms with van der Waals surface area (Å²) in [6, 6.07) is 13.5. The summed E-state index contributed by atoms with van der Waals surface area (Å²) in [6.45, 7) is 2.06. The molecular weight excluding hydrogens is 416 g/mol. The minimum atomic E-state index is -3.80. The molecule has 0 unspecified atom stereocenters. The van der Waals surface area contributed by atoms with E-state index in [9.17, 15) is 13.2 Å². The van der Waals surface area contributed by atoms with E-state index in [0.29, 0.717) is 28.7 Å². The molecule has 0 aliphatic rings. The van der Waals surface area contributed by atoms with Crippen molar-refractivity contribution in [1.29, 1.82) is 0 Å². The van der Waals surface area contributed by atoms with E-state index in [1.165, 1.54) is 17.7 Å². The van der Waals surface area contributed by atoms with Gasteiger partial charge in [-0.25, -0.2) is 23.5 Å². The van der Waals surface area contributed by atoms with Gasteiger partial charge in [0, 0.05) is 25.3 Å². The monoisotopic (exact) mass is 440 g/mol. The lowest BCUT2D eigenvalue weighted by Crippen LogP contribution is -2.18. The molecule has 162 valence electrons. The molecule has 5 N–H and O–H groups in total. The fraction of sp³-hybridized carbons (Fsp3) is 0.190. The Morgan fingerprint density at radius 1 is 0.935 bits per heavy atom. The lowest BCUT2D eigenvalue weighted by atomic mass is 10.1. The van der Waals surface area contributed by atoms with Crippen LogP contribution in [0, 0.1) is 0 Å². The van der Waals surface area contributed by atoms with Crippen LogP contribution in [0.2, 0.25) is 0 Å². The number of benzene rings is 2. The number of nitrogens with zero attached hydrogens (tertiary/aromatic N) is 2. The second-order valence-corrected chi connectivity index (χ2v) is 8.25. The first-order valence-corrected chi connectivity index (χ1v) is 11.1. The van der Waals surface area contributed by atoms with E-state index < -0.39 is 10.0 Å². The first kappa shape index (κ1) is 22.2. The second-order valence-electron chi connectivity index (χ2n) is 6.69. The fourth-order valence-electron chi connectivity index (χ4n) is 2.98. The van der Waals surface area contributed by atoms with Crippen LogP contribution in [0.25, 0.3) is 11.4 Å². The Labute approximate surface area is 181 Å². The Morgan fingerprint density at radius 2 is 1.48 bits per heavy atom. The number of carbonyl (C=O) groups is 1. The molecule has 1 aromatic heterocycles. The van der Waals surface area contributed by atoms with Gasteiger partial charge in [-0.15, -0.1) is 0 Å². The number of nitrogens with one attached hydrogen (secondary N) is 3. The number of amides is 1. The van der Waals surface area contributed by atoms with Crippen molar-refractivity contribution in [2.24, 2.45) is 5.14 Å². The number of rotatable bonds is 7. The van der Waals surface area contributed by atoms with Crippen molar-refractivity contribution in [2.75, 3.05) is 30.0 Å². The maximum absolute atomic E-state index is 13.0. The number of aryl methyl sites for hydroxylation is 1. The minimum absolute atomic E-state index is 0.0102. The average Bonchev–Trinajstić information content (AvgIpc) is 2.78. The van der Waals surface area contributed by atoms with Gasteiger partial charge in [-0.1, -0.05) is 19.1 Å². The molecule has 0 bridgehead atoms. The molecule has 3 rings (SSSR count). The van der Waals surface area contributed by atoms with Crippen molar-refractivity contribution in [3.63, 3.8) is 0 Å². The number of hydrogen-bond acceptors (Lipinski definition) is 7. The lowest BCUT2D eigenvalue weighted by molar-refractivity contribution is 0.102. The summed E-state index contributed by atoms with van der Waals surface area (Å²) in [5, 5.41) is 13.9. The topological polar surface area (TPSA) is 139 Å². The van der Waals surface area contributed by atoms with Crippen molar-refractivity contribution in [3.05, 3.63) is 59.7 Å². The van der Waals surface area contributed by atoms with Gasteiger partial charge in [0.15, 0.2) is 5.82 Å². The smallest absolute Gasteiger partial charge is 0.263 e. The minimum Gasteiger partial charge on any atom is -0.372 e. The van der Waals surface area contributed by atoms with Crippen LogP contribution in [-0.4, -0.2) is 38.4 Å². The van der Waals surface area contributed by atoms with E-state index in [0.717, 1.165) is 6.42 Å². The quantitative estimate of drug-likeness (QED) is 0.443. The first-order chi connectivity index (χ1) is 14.8. The van der Waals surface area contributed by atoms with Crippen LogP contribution >= 0.6 is 0 Å². The summed E-state index contributed by atoms with van der Waals surface area (Å²) in [5.74, 6) is 0.604. The Kier molecular flexibility index (Phi) is 6.52. The van der Waals surface area contributed by atoms with Crippen molar-refractivity contribution in [3.8, 4) is 11.4 Å². The van der Waals surface area contributed by atoms with Gasteiger partial charge >= 0.3 is 0 Å². The van der Waals surface area contributed by atoms with E-state index in [2.05, 4.69) is 32.8 Å². The molecule has 0 aliphatic carbocycles. The van der Waals surface area contributed by atoms with Crippen LogP contribution in [0.1, 0.15) is 22.8 Å². The highest BCUT2D eigenvalue weighted by atomic mass is 32.2. The summed E-state index contributed by atoms with van der Waals surface area (Å²) in [4.78, 5) is 21.9. The predicted molar refractivity (Wildman–Crippen MR) is 122 cm³/mol. The maximum Gasteiger partial charge on any atom is 0.263 e. The van der Waals surface area contributed by atoms with E-state index >= 15 is 0 Å². The summed E-state index contributed by atoms with van der Waals surface area (Å²) >= 11 is 0. The second kappa shape index (κ2) is 9.11. The van der Waals surface area contributed by atoms with Crippen LogP contribution in [-0.2, 0) is 16.4 Å². The van der Waals surface area contributed by atoms with Gasteiger partial charge in [0.25, 0.3) is 5.91 Å². The highest BCUT2D eigenvalue weighted by molar-refractivity contribution is 7.89. The van der Waals surface area contributed by atoms with Crippen LogP contribution < -0.4 is 21.1 Å². The molecule has 1 heterocycles. The van der Waals surface area contributed by atoms with Gasteiger partial charge in [0.1, 0.15) is 17.2 Å². The maximum atomic E-state index is 13.0. The summed E-state index contributed by atoms with van der Waals surface area (Å²) in [6.07, 6.45) is 0.912. The van der Waals surface area contributed by atoms with Crippen molar-refractivity contribution >= 4 is 33.3 Å². The standard InChI is InChI=1S/C21H24N6O3S/c1-4-13-5-9-15(10-6-13)25-21(28)17-19(23-2)26-18(27-20(17)24-3)14-7-11-16(12-8-14)31(22,29)30/h5-12H,4H2,1-3H3,(H,25,28)(H2,22,29,30)(H2,23,24,26,27). The Balaban J connectivity index is 1.97. The average molecular weight is 441 g/mol. The first-order valence-electron chi connectivity index (χ1n) is 9.58. The van der Waals surface area contributed by atoms with Crippen molar-refractivity contribution in [1.82, 2.24) is 9.97 Å². The van der Waals surface area contributed by atoms with Crippen molar-refractivity contribution < 1.29 is 13.2 Å². The number of anilines is 3. The van der Waals surface area contributed by atoms with Gasteiger partial charge in [-0.2, -0.15) is 0 Å². The summed E-state index contributed by atoms with van der Waals surface area (Å²) in [5.41, 5.74) is 2.66. The number of aromatic nitrogens is 2. The number of nitrogens with two attached hydrogens (primary N) is 1. The van der Waals surface area contributed by atoms with Crippen molar-refractivity contribution in [2.45, 2.75) is 18.2 Å². The predicted octanol–water partition coefficient (Wildman–Crippen LogP) is 2.69. The van der Waals surface area contributed by atoms with E-state index in [1.807, 2.05) is 24.3 Å². The highest BCUT2D eigenvalue weighted by Crippen LogP contribution is 2.27. The van der Waals surface area contributed by atoms with Gasteiger partial charge < -0.3 is 16.0 Å². The number of sulfonamides is 1. The van der Waals surface area contributed by atoms with Gasteiger partial charge in [0.2, 0.25) is 10.0 Å². The van der Waals surface area contributed by atoms with Crippen LogP contribution in [0.3, 0.4) is 0 Å². The lowest BCUT2D eigenvalue weighted by Gasteiger charge is -2.15. The Hall–Kier alpha value is -3.50. The van der Waals surface area contributed by atoms with Crippen LogP contribution in [0.4, 0.5) is 17.3 Å². The van der Waals surface area contributed by atoms with Gasteiger partial charge in [0.05, 0.1) is 4.90 Å². The van der Waals surface area contributed by atoms with E-state index in [4.69, 9.17) is 5.14 Å². The number of primary sulfonamides is 1. The Morgan fingerprint density at radius 3 is 1.94 bits per heavy atom. The molecule has 9 nitrogen and oxygen atoms in total. The van der Waals surface area contributed by atoms with E-state index in [1.54, 1.807) is 26.2 Å². The molecule has 0 saturated heterocycles. The molecular formula is C21H24N6O3S. The third-order valence-electron chi connectivity index (χ3n) is 4.67. The normalized spacial score (nSPS) is 11.1. The molecule has 0 atom stereocenters. The molecule has 10 heteroatoms. The molecule has 0 aliphatic heterocycles. The molecule has 31 heavy (non-hydrogen) atoms. The largest absolute Gasteiger partial charge is 0.372 e. The van der Waals surface area contributed by atoms with E-state index in [-0.39, 0.29) is 16.4 Å². The van der Waals surface area contributed by atoms with Crippen LogP contribution in [0.5, 0.6) is 0 Å². The fourth-order valence-corrected chi connectivity index (χ4v) is 3.49. The zero-order valence-electron chi connectivity index (χ0n) is 17.4. The molecule has 0 saturated carbocycles. The zero-order chi connectivity index (χ0) is 22.6.